The molecule has 0 aliphatic carbocycles. The van der Waals surface area contributed by atoms with E-state index in [0.29, 0.717) is 17.7 Å². The summed E-state index contributed by atoms with van der Waals surface area (Å²) in [6.45, 7) is -0.439. The van der Waals surface area contributed by atoms with Crippen LogP contribution in [0, 0.1) is 0 Å². The van der Waals surface area contributed by atoms with Gasteiger partial charge in [0.1, 0.15) is 0 Å². The number of halogens is 9. The van der Waals surface area contributed by atoms with Crippen molar-refractivity contribution < 1.29 is 54.2 Å². The summed E-state index contributed by atoms with van der Waals surface area (Å²) in [7, 11) is 1.32. The highest BCUT2D eigenvalue weighted by Gasteiger charge is 2.37. The minimum atomic E-state index is -5.15. The van der Waals surface area contributed by atoms with Gasteiger partial charge >= 0.3 is 30.5 Å². The van der Waals surface area contributed by atoms with Gasteiger partial charge in [0.25, 0.3) is 5.95 Å². The van der Waals surface area contributed by atoms with Crippen molar-refractivity contribution in [3.8, 4) is 17.3 Å². The van der Waals surface area contributed by atoms with Gasteiger partial charge in [-0.2, -0.15) is 49.3 Å². The van der Waals surface area contributed by atoms with Gasteiger partial charge in [-0.3, -0.25) is 0 Å². The number of ether oxygens (including phenoxy) is 1. The smallest absolute Gasteiger partial charge is 0.416 e. The molecule has 0 saturated heterocycles. The quantitative estimate of drug-likeness (QED) is 0.205. The Hall–Kier alpha value is -4.97. The summed E-state index contributed by atoms with van der Waals surface area (Å²) in [5, 5.41) is 20.3. The molecule has 0 radical (unpaired) electrons. The van der Waals surface area contributed by atoms with Crippen LogP contribution in [0.1, 0.15) is 40.3 Å². The molecule has 4 aromatic rings. The number of carboxylic acid groups (broad SMARTS) is 1. The molecule has 0 unspecified atom stereocenters. The van der Waals surface area contributed by atoms with Crippen LogP contribution in [-0.2, 0) is 49.9 Å². The molecule has 0 amide bonds. The number of aliphatic carboxylic acids is 1. The Morgan fingerprint density at radius 3 is 2.04 bits per heavy atom. The molecule has 19 heteroatoms. The second-order valence-corrected chi connectivity index (χ2v) is 9.78. The largest absolute Gasteiger partial charge is 0.479 e. The number of carbonyl (C=O) groups is 1. The maximum absolute atomic E-state index is 13.8. The van der Waals surface area contributed by atoms with E-state index in [1.807, 2.05) is 0 Å². The molecule has 0 spiro atoms. The van der Waals surface area contributed by atoms with Gasteiger partial charge in [-0.25, -0.2) is 9.78 Å². The number of hydrogen-bond acceptors (Lipinski definition) is 8. The van der Waals surface area contributed by atoms with Crippen LogP contribution in [0.25, 0.3) is 11.3 Å². The van der Waals surface area contributed by atoms with Gasteiger partial charge in [-0.1, -0.05) is 18.1 Å². The number of benzene rings is 2. The van der Waals surface area contributed by atoms with Crippen LogP contribution in [0.5, 0.6) is 6.01 Å². The summed E-state index contributed by atoms with van der Waals surface area (Å²) in [5.41, 5.74) is -4.43. The van der Waals surface area contributed by atoms with Crippen LogP contribution in [0.2, 0.25) is 0 Å². The second kappa shape index (κ2) is 12.8. The molecule has 0 aliphatic heterocycles. The fraction of sp³-hybridized carbons (Fsp3) is 0.333. The zero-order valence-electron chi connectivity index (χ0n) is 23.7. The average molecular weight is 664 g/mol. The van der Waals surface area contributed by atoms with E-state index in [9.17, 15) is 44.3 Å². The molecule has 0 fully saturated rings. The summed E-state index contributed by atoms with van der Waals surface area (Å²) in [5.74, 6) is -1.67. The Labute approximate surface area is 253 Å². The third-order valence-corrected chi connectivity index (χ3v) is 6.40. The van der Waals surface area contributed by atoms with Crippen molar-refractivity contribution in [3.63, 3.8) is 0 Å². The fourth-order valence-electron chi connectivity index (χ4n) is 4.34. The van der Waals surface area contributed by atoms with Crippen molar-refractivity contribution in [2.45, 2.75) is 45.0 Å². The van der Waals surface area contributed by atoms with Crippen molar-refractivity contribution >= 4 is 11.9 Å². The molecule has 10 nitrogen and oxygen atoms in total. The van der Waals surface area contributed by atoms with E-state index in [0.717, 1.165) is 27.9 Å². The summed E-state index contributed by atoms with van der Waals surface area (Å²) >= 11 is 0. The standard InChI is InChI=1S/C27H22F9N7O3/c1-3-15-10-37-24(46-13-21(44)45)38-22(15)20-5-4-17(25(28,29)30)8-16(20)12-43(23-39-41-42(2)40-23)11-14-6-18(26(31,32)33)9-19(7-14)27(34,35)36/h4-10H,3,11-13H2,1-2H3,(H,44,45). The first kappa shape index (κ1) is 33.9. The highest BCUT2D eigenvalue weighted by Crippen LogP contribution is 2.38. The van der Waals surface area contributed by atoms with Gasteiger partial charge in [0, 0.05) is 24.8 Å². The predicted molar refractivity (Wildman–Crippen MR) is 140 cm³/mol. The molecule has 0 aliphatic rings. The number of aromatic nitrogens is 6. The molecule has 0 bridgehead atoms. The first-order valence-electron chi connectivity index (χ1n) is 13.0. The molecule has 2 aromatic heterocycles. The van der Waals surface area contributed by atoms with E-state index >= 15 is 0 Å². The third kappa shape index (κ3) is 8.19. The van der Waals surface area contributed by atoms with Crippen molar-refractivity contribution in [1.29, 1.82) is 0 Å². The number of anilines is 1. The minimum absolute atomic E-state index is 0.0482. The first-order chi connectivity index (χ1) is 21.3. The molecule has 246 valence electrons. The Balaban J connectivity index is 1.88. The van der Waals surface area contributed by atoms with E-state index in [1.54, 1.807) is 6.92 Å². The first-order valence-corrected chi connectivity index (χ1v) is 13.0. The Morgan fingerprint density at radius 1 is 0.891 bits per heavy atom. The number of carboxylic acids is 1. The van der Waals surface area contributed by atoms with Gasteiger partial charge < -0.3 is 14.7 Å². The number of hydrogen-bond donors (Lipinski definition) is 1. The van der Waals surface area contributed by atoms with Gasteiger partial charge in [0.05, 0.1) is 29.4 Å². The highest BCUT2D eigenvalue weighted by molar-refractivity contribution is 5.69. The normalized spacial score (nSPS) is 12.3. The van der Waals surface area contributed by atoms with Crippen molar-refractivity contribution in [3.05, 3.63) is 76.0 Å². The average Bonchev–Trinajstić information content (AvgIpc) is 3.40. The van der Waals surface area contributed by atoms with Crippen LogP contribution < -0.4 is 9.64 Å². The van der Waals surface area contributed by atoms with Crippen molar-refractivity contribution in [2.75, 3.05) is 11.5 Å². The fourth-order valence-corrected chi connectivity index (χ4v) is 4.34. The predicted octanol–water partition coefficient (Wildman–Crippen LogP) is 5.96. The monoisotopic (exact) mass is 663 g/mol. The summed E-state index contributed by atoms with van der Waals surface area (Å²) in [6, 6.07) is 3.09. The molecular weight excluding hydrogens is 641 g/mol. The third-order valence-electron chi connectivity index (χ3n) is 6.40. The lowest BCUT2D eigenvalue weighted by Crippen LogP contribution is -2.25. The lowest BCUT2D eigenvalue weighted by Gasteiger charge is -2.24. The summed E-state index contributed by atoms with van der Waals surface area (Å²) in [6.07, 6.45) is -13.6. The SMILES string of the molecule is CCc1cnc(OCC(=O)O)nc1-c1ccc(C(F)(F)F)cc1CN(Cc1cc(C(F)(F)F)cc(C(F)(F)F)c1)c1nnn(C)n1. The van der Waals surface area contributed by atoms with E-state index in [4.69, 9.17) is 9.84 Å². The van der Waals surface area contributed by atoms with Gasteiger partial charge in [0.2, 0.25) is 0 Å². The lowest BCUT2D eigenvalue weighted by molar-refractivity contribution is -0.143. The summed E-state index contributed by atoms with van der Waals surface area (Å²) in [4.78, 5) is 21.1. The van der Waals surface area contributed by atoms with E-state index < -0.39 is 72.5 Å². The van der Waals surface area contributed by atoms with Crippen molar-refractivity contribution in [2.24, 2.45) is 7.05 Å². The zero-order chi connectivity index (χ0) is 34.0. The number of tetrazole rings is 1. The number of nitrogens with zero attached hydrogens (tertiary/aromatic N) is 7. The number of rotatable bonds is 10. The van der Waals surface area contributed by atoms with Crippen LogP contribution in [0.15, 0.2) is 42.6 Å². The van der Waals surface area contributed by atoms with Crippen molar-refractivity contribution in [1.82, 2.24) is 30.2 Å². The van der Waals surface area contributed by atoms with Crippen LogP contribution in [-0.4, -0.2) is 47.9 Å². The van der Waals surface area contributed by atoms with E-state index in [2.05, 4.69) is 25.4 Å². The van der Waals surface area contributed by atoms with Gasteiger partial charge in [-0.15, -0.1) is 5.10 Å². The molecule has 0 atom stereocenters. The van der Waals surface area contributed by atoms with E-state index in [1.165, 1.54) is 13.2 Å². The molecule has 2 aromatic carbocycles. The minimum Gasteiger partial charge on any atom is -0.479 e. The van der Waals surface area contributed by atoms with Gasteiger partial charge in [0.15, 0.2) is 6.61 Å². The molecule has 2 heterocycles. The van der Waals surface area contributed by atoms with Crippen LogP contribution >= 0.6 is 0 Å². The molecular formula is C27H22F9N7O3. The maximum Gasteiger partial charge on any atom is 0.416 e. The van der Waals surface area contributed by atoms with Crippen LogP contribution in [0.3, 0.4) is 0 Å². The molecule has 1 N–H and O–H groups in total. The Bertz CT molecular complexity index is 1690. The zero-order valence-corrected chi connectivity index (χ0v) is 23.7. The van der Waals surface area contributed by atoms with E-state index in [-0.39, 0.29) is 35.3 Å². The Kier molecular flexibility index (Phi) is 9.43. The molecule has 0 saturated carbocycles. The topological polar surface area (TPSA) is 119 Å². The van der Waals surface area contributed by atoms with Crippen LogP contribution in [0.4, 0.5) is 45.5 Å². The highest BCUT2D eigenvalue weighted by atomic mass is 19.4. The molecule has 4 rings (SSSR count). The number of aryl methyl sites for hydroxylation is 2. The number of alkyl halides is 9. The Morgan fingerprint density at radius 2 is 1.52 bits per heavy atom. The maximum atomic E-state index is 13.8. The lowest BCUT2D eigenvalue weighted by atomic mass is 9.97. The summed E-state index contributed by atoms with van der Waals surface area (Å²) < 4.78 is 128. The van der Waals surface area contributed by atoms with Gasteiger partial charge in [-0.05, 0) is 58.7 Å². The molecule has 46 heavy (non-hydrogen) atoms. The second-order valence-electron chi connectivity index (χ2n) is 9.78.